The minimum Gasteiger partial charge on any atom is -0.467 e. The van der Waals surface area contributed by atoms with Crippen LogP contribution < -0.4 is 20.7 Å². The lowest BCUT2D eigenvalue weighted by atomic mass is 9.94. The van der Waals surface area contributed by atoms with Gasteiger partial charge < -0.3 is 29.2 Å². The summed E-state index contributed by atoms with van der Waals surface area (Å²) in [5.41, 5.74) is 1.92. The second-order valence-electron chi connectivity index (χ2n) is 12.3. The number of nitrogens with one attached hydrogen (secondary N) is 1. The number of aryl methyl sites for hydroxylation is 1. The van der Waals surface area contributed by atoms with Crippen LogP contribution >= 0.6 is 0 Å². The van der Waals surface area contributed by atoms with E-state index in [0.717, 1.165) is 42.9 Å². The molecule has 0 aliphatic carbocycles. The number of pyridine rings is 2. The van der Waals surface area contributed by atoms with Crippen LogP contribution in [0.5, 0.6) is 0 Å². The lowest BCUT2D eigenvalue weighted by molar-refractivity contribution is -0.167. The number of ether oxygens (including phenoxy) is 2. The van der Waals surface area contributed by atoms with E-state index in [1.807, 2.05) is 13.0 Å². The number of carbonyl (C=O) groups excluding carboxylic acids is 2. The molecular weight excluding hydrogens is 665 g/mol. The average molecular weight is 700 g/mol. The Bertz CT molecular complexity index is 2010. The van der Waals surface area contributed by atoms with Gasteiger partial charge >= 0.3 is 12.1 Å². The molecule has 2 aliphatic heterocycles. The molecule has 0 saturated carbocycles. The first-order valence-electron chi connectivity index (χ1n) is 15.9. The summed E-state index contributed by atoms with van der Waals surface area (Å²) in [5, 5.41) is 2.90. The number of esters is 1. The Kier molecular flexibility index (Phi) is 9.53. The number of halogens is 5. The Morgan fingerprint density at radius 1 is 1.10 bits per heavy atom. The van der Waals surface area contributed by atoms with Gasteiger partial charge in [-0.05, 0) is 43.2 Å². The SMILES string of the molecule is COC(=O)[C@H](Cc1ccc(-c2c(N3CCC3)cc(C)n(C)c2=O)c2ncccc12)NC(=O)c1c(F)cc(N2CCOC[C@@H]2C(F)(F)F)cc1F. The summed E-state index contributed by atoms with van der Waals surface area (Å²) >= 11 is 0. The second kappa shape index (κ2) is 13.7. The molecule has 2 aliphatic rings. The van der Waals surface area contributed by atoms with E-state index in [2.05, 4.69) is 15.2 Å². The van der Waals surface area contributed by atoms with E-state index in [4.69, 9.17) is 9.47 Å². The molecule has 2 fully saturated rings. The van der Waals surface area contributed by atoms with Crippen molar-refractivity contribution in [3.63, 3.8) is 0 Å². The lowest BCUT2D eigenvalue weighted by Crippen LogP contribution is -2.53. The minimum absolute atomic E-state index is 0.0919. The van der Waals surface area contributed by atoms with Crippen molar-refractivity contribution in [1.29, 1.82) is 0 Å². The van der Waals surface area contributed by atoms with Crippen molar-refractivity contribution in [1.82, 2.24) is 14.9 Å². The van der Waals surface area contributed by atoms with Gasteiger partial charge in [0.2, 0.25) is 0 Å². The van der Waals surface area contributed by atoms with E-state index in [1.54, 1.807) is 42.1 Å². The van der Waals surface area contributed by atoms with Crippen molar-refractivity contribution in [3.05, 3.63) is 87.5 Å². The van der Waals surface area contributed by atoms with Crippen molar-refractivity contribution in [2.45, 2.75) is 38.0 Å². The van der Waals surface area contributed by atoms with Gasteiger partial charge in [-0.2, -0.15) is 13.2 Å². The van der Waals surface area contributed by atoms with E-state index < -0.39 is 59.6 Å². The maximum absolute atomic E-state index is 15.3. The molecule has 6 rings (SSSR count). The van der Waals surface area contributed by atoms with Crippen LogP contribution in [0.2, 0.25) is 0 Å². The van der Waals surface area contributed by atoms with Gasteiger partial charge in [-0.3, -0.25) is 14.6 Å². The number of carbonyl (C=O) groups is 2. The summed E-state index contributed by atoms with van der Waals surface area (Å²) in [4.78, 5) is 47.3. The number of hydrogen-bond donors (Lipinski definition) is 1. The van der Waals surface area contributed by atoms with E-state index in [9.17, 15) is 27.6 Å². The highest BCUT2D eigenvalue weighted by atomic mass is 19.4. The van der Waals surface area contributed by atoms with Gasteiger partial charge in [-0.15, -0.1) is 0 Å². The Morgan fingerprint density at radius 2 is 1.82 bits per heavy atom. The van der Waals surface area contributed by atoms with Gasteiger partial charge in [0, 0.05) is 61.6 Å². The average Bonchev–Trinajstić information content (AvgIpc) is 3.05. The zero-order valence-electron chi connectivity index (χ0n) is 27.4. The second-order valence-corrected chi connectivity index (χ2v) is 12.3. The Labute approximate surface area is 283 Å². The van der Waals surface area contributed by atoms with Crippen LogP contribution in [0.1, 0.15) is 28.0 Å². The number of fused-ring (bicyclic) bond motifs is 1. The number of anilines is 2. The van der Waals surface area contributed by atoms with E-state index in [-0.39, 0.29) is 25.1 Å². The first-order chi connectivity index (χ1) is 23.8. The van der Waals surface area contributed by atoms with Crippen molar-refractivity contribution < 1.29 is 41.0 Å². The molecule has 10 nitrogen and oxygen atoms in total. The molecule has 0 radical (unpaired) electrons. The third-order valence-electron chi connectivity index (χ3n) is 9.28. The van der Waals surface area contributed by atoms with Gasteiger partial charge in [0.05, 0.1) is 37.1 Å². The Balaban J connectivity index is 1.32. The van der Waals surface area contributed by atoms with E-state index >= 15 is 8.78 Å². The van der Waals surface area contributed by atoms with Crippen LogP contribution in [0.4, 0.5) is 33.3 Å². The predicted octanol–water partition coefficient (Wildman–Crippen LogP) is 4.68. The molecule has 15 heteroatoms. The molecule has 2 aromatic heterocycles. The molecule has 2 aromatic carbocycles. The van der Waals surface area contributed by atoms with Gasteiger partial charge in [0.25, 0.3) is 11.5 Å². The van der Waals surface area contributed by atoms with Crippen LogP contribution in [-0.4, -0.2) is 79.6 Å². The van der Waals surface area contributed by atoms with Crippen LogP contribution in [0.15, 0.2) is 53.5 Å². The number of aromatic nitrogens is 2. The van der Waals surface area contributed by atoms with Gasteiger partial charge in [0.15, 0.2) is 0 Å². The largest absolute Gasteiger partial charge is 0.467 e. The van der Waals surface area contributed by atoms with Crippen molar-refractivity contribution in [3.8, 4) is 11.1 Å². The maximum atomic E-state index is 15.3. The first-order valence-corrected chi connectivity index (χ1v) is 15.9. The van der Waals surface area contributed by atoms with Crippen molar-refractivity contribution in [2.24, 2.45) is 7.05 Å². The molecule has 1 amide bonds. The molecule has 2 saturated heterocycles. The van der Waals surface area contributed by atoms with Gasteiger partial charge in [-0.25, -0.2) is 13.6 Å². The lowest BCUT2D eigenvalue weighted by Gasteiger charge is -2.38. The molecular formula is C35H34F5N5O5. The number of benzene rings is 2. The third-order valence-corrected chi connectivity index (χ3v) is 9.28. The quantitative estimate of drug-likeness (QED) is 0.209. The molecule has 4 heterocycles. The van der Waals surface area contributed by atoms with Crippen molar-refractivity contribution in [2.75, 3.05) is 49.8 Å². The zero-order valence-corrected chi connectivity index (χ0v) is 27.4. The van der Waals surface area contributed by atoms with Crippen LogP contribution in [-0.2, 0) is 27.7 Å². The summed E-state index contributed by atoms with van der Waals surface area (Å²) in [5.74, 6) is -5.04. The Hall–Kier alpha value is -5.05. The van der Waals surface area contributed by atoms with Gasteiger partial charge in [0.1, 0.15) is 29.3 Å². The summed E-state index contributed by atoms with van der Waals surface area (Å²) in [6.45, 7) is 2.37. The molecule has 4 aromatic rings. The highest BCUT2D eigenvalue weighted by molar-refractivity contribution is 6.00. The van der Waals surface area contributed by atoms with Gasteiger partial charge in [-0.1, -0.05) is 18.2 Å². The van der Waals surface area contributed by atoms with E-state index in [0.29, 0.717) is 39.7 Å². The number of alkyl halides is 3. The summed E-state index contributed by atoms with van der Waals surface area (Å²) in [6.07, 6.45) is -2.36. The number of rotatable bonds is 8. The highest BCUT2D eigenvalue weighted by Gasteiger charge is 2.46. The number of amides is 1. The smallest absolute Gasteiger partial charge is 0.411 e. The van der Waals surface area contributed by atoms with Crippen LogP contribution in [0.3, 0.4) is 0 Å². The molecule has 0 unspecified atom stereocenters. The summed E-state index contributed by atoms with van der Waals surface area (Å²) < 4.78 is 82.8. The molecule has 2 atom stereocenters. The number of hydrogen-bond acceptors (Lipinski definition) is 8. The molecule has 50 heavy (non-hydrogen) atoms. The summed E-state index contributed by atoms with van der Waals surface area (Å²) in [6, 6.07) is 6.52. The molecule has 0 spiro atoms. The number of morpholine rings is 1. The Morgan fingerprint density at radius 3 is 2.46 bits per heavy atom. The highest BCUT2D eigenvalue weighted by Crippen LogP contribution is 2.37. The standard InChI is InChI=1S/C35H34F5N5O5/c1-19-14-27(44-10-5-11-44)29(33(47)43(19)2)23-8-7-20(22-6-4-9-41-31(22)23)15-26(34(48)49-3)42-32(46)30-24(36)16-21(17-25(30)37)45-12-13-50-18-28(45)35(38,39)40/h4,6-9,14,16-17,26,28H,5,10-13,15,18H2,1-3H3,(H,42,46)/t26-,28+/m0/s1. The normalized spacial score (nSPS) is 17.0. The molecule has 264 valence electrons. The van der Waals surface area contributed by atoms with Crippen LogP contribution in [0.25, 0.3) is 22.0 Å². The first kappa shape index (κ1) is 34.8. The fraction of sp³-hybridized carbons (Fsp3) is 0.371. The van der Waals surface area contributed by atoms with Crippen molar-refractivity contribution >= 4 is 34.2 Å². The summed E-state index contributed by atoms with van der Waals surface area (Å²) in [7, 11) is 2.78. The predicted molar refractivity (Wildman–Crippen MR) is 175 cm³/mol. The van der Waals surface area contributed by atoms with Crippen LogP contribution in [0, 0.1) is 18.6 Å². The number of nitrogens with zero attached hydrogens (tertiary/aromatic N) is 4. The fourth-order valence-electron chi connectivity index (χ4n) is 6.39. The maximum Gasteiger partial charge on any atom is 0.411 e. The van der Waals surface area contributed by atoms with E-state index in [1.165, 1.54) is 0 Å². The minimum atomic E-state index is -4.73. The topological polar surface area (TPSA) is 106 Å². The molecule has 0 bridgehead atoms. The zero-order chi connectivity index (χ0) is 35.9. The fourth-order valence-corrected chi connectivity index (χ4v) is 6.39. The molecule has 1 N–H and O–H groups in total. The monoisotopic (exact) mass is 699 g/mol. The third kappa shape index (κ3) is 6.49. The number of methoxy groups -OCH3 is 1.